The van der Waals surface area contributed by atoms with Gasteiger partial charge in [-0.25, -0.2) is 0 Å². The lowest BCUT2D eigenvalue weighted by Crippen LogP contribution is -2.52. The molecule has 0 bridgehead atoms. The number of aryl methyl sites for hydroxylation is 1. The molecule has 6 nitrogen and oxygen atoms in total. The number of carbonyl (C=O) groups excluding carboxylic acids is 2. The van der Waals surface area contributed by atoms with E-state index in [4.69, 9.17) is 0 Å². The Labute approximate surface area is 174 Å². The maximum atomic E-state index is 12.3. The molecule has 1 fully saturated rings. The first-order valence-corrected chi connectivity index (χ1v) is 8.94. The first-order valence-electron chi connectivity index (χ1n) is 8.94. The van der Waals surface area contributed by atoms with Crippen LogP contribution in [0.4, 0.5) is 5.69 Å². The summed E-state index contributed by atoms with van der Waals surface area (Å²) in [5.41, 5.74) is 3.14. The van der Waals surface area contributed by atoms with Gasteiger partial charge in [0.05, 0.1) is 6.54 Å². The van der Waals surface area contributed by atoms with Gasteiger partial charge in [-0.1, -0.05) is 19.1 Å². The van der Waals surface area contributed by atoms with E-state index in [0.717, 1.165) is 24.3 Å². The van der Waals surface area contributed by atoms with E-state index in [1.165, 1.54) is 5.56 Å². The van der Waals surface area contributed by atoms with Crippen molar-refractivity contribution in [3.05, 3.63) is 29.3 Å². The number of hydrogen-bond donors (Lipinski definition) is 2. The van der Waals surface area contributed by atoms with Crippen molar-refractivity contribution in [1.82, 2.24) is 15.1 Å². The lowest BCUT2D eigenvalue weighted by Gasteiger charge is -2.35. The highest BCUT2D eigenvalue weighted by Crippen LogP contribution is 2.18. The molecular weight excluding hydrogens is 387 g/mol. The van der Waals surface area contributed by atoms with Gasteiger partial charge in [-0.15, -0.1) is 24.8 Å². The van der Waals surface area contributed by atoms with Gasteiger partial charge < -0.3 is 15.5 Å². The van der Waals surface area contributed by atoms with Gasteiger partial charge in [-0.3, -0.25) is 14.5 Å². The minimum atomic E-state index is -0.0101. The number of halogens is 2. The Balaban J connectivity index is 0.00000338. The third-order valence-electron chi connectivity index (χ3n) is 4.86. The molecule has 2 amide bonds. The van der Waals surface area contributed by atoms with Gasteiger partial charge in [-0.05, 0) is 38.1 Å². The Bertz CT molecular complexity index is 620. The zero-order valence-electron chi connectivity index (χ0n) is 16.6. The molecule has 1 saturated heterocycles. The molecule has 1 aromatic rings. The van der Waals surface area contributed by atoms with Crippen molar-refractivity contribution in [2.24, 2.45) is 5.92 Å². The summed E-state index contributed by atoms with van der Waals surface area (Å²) in [6.45, 7) is 9.89. The van der Waals surface area contributed by atoms with E-state index in [1.54, 1.807) is 0 Å². The maximum Gasteiger partial charge on any atom is 0.238 e. The Morgan fingerprint density at radius 3 is 2.33 bits per heavy atom. The second kappa shape index (κ2) is 12.2. The number of amides is 2. The molecule has 2 rings (SSSR count). The van der Waals surface area contributed by atoms with E-state index in [2.05, 4.69) is 15.5 Å². The second-order valence-corrected chi connectivity index (χ2v) is 6.86. The SMILES string of the molecule is CNCC(C)C(=O)N1CCN(CC(=O)Nc2cccc(C)c2C)CC1.Cl.Cl. The zero-order chi connectivity index (χ0) is 18.4. The number of piperazine rings is 1. The van der Waals surface area contributed by atoms with Crippen molar-refractivity contribution >= 4 is 42.3 Å². The Morgan fingerprint density at radius 1 is 1.11 bits per heavy atom. The van der Waals surface area contributed by atoms with E-state index < -0.39 is 0 Å². The minimum Gasteiger partial charge on any atom is -0.340 e. The van der Waals surface area contributed by atoms with Crippen molar-refractivity contribution in [2.45, 2.75) is 20.8 Å². The normalized spacial score (nSPS) is 15.3. The molecule has 1 heterocycles. The quantitative estimate of drug-likeness (QED) is 0.741. The molecule has 27 heavy (non-hydrogen) atoms. The van der Waals surface area contributed by atoms with Crippen molar-refractivity contribution in [3.8, 4) is 0 Å². The molecule has 8 heteroatoms. The summed E-state index contributed by atoms with van der Waals surface area (Å²) < 4.78 is 0. The van der Waals surface area contributed by atoms with Gasteiger partial charge in [-0.2, -0.15) is 0 Å². The third-order valence-corrected chi connectivity index (χ3v) is 4.86. The monoisotopic (exact) mass is 418 g/mol. The fraction of sp³-hybridized carbons (Fsp3) is 0.579. The topological polar surface area (TPSA) is 64.7 Å². The van der Waals surface area contributed by atoms with Gasteiger partial charge in [0.1, 0.15) is 0 Å². The molecule has 0 aromatic heterocycles. The molecule has 2 N–H and O–H groups in total. The van der Waals surface area contributed by atoms with Crippen molar-refractivity contribution in [1.29, 1.82) is 0 Å². The molecule has 0 aliphatic carbocycles. The van der Waals surface area contributed by atoms with E-state index in [9.17, 15) is 9.59 Å². The number of anilines is 1. The Hall–Kier alpha value is -1.34. The molecule has 1 aliphatic heterocycles. The maximum absolute atomic E-state index is 12.3. The largest absolute Gasteiger partial charge is 0.340 e. The van der Waals surface area contributed by atoms with Gasteiger partial charge in [0.25, 0.3) is 0 Å². The molecule has 0 saturated carbocycles. The van der Waals surface area contributed by atoms with E-state index in [-0.39, 0.29) is 42.5 Å². The summed E-state index contributed by atoms with van der Waals surface area (Å²) in [7, 11) is 1.86. The number of nitrogens with zero attached hydrogens (tertiary/aromatic N) is 2. The standard InChI is InChI=1S/C19H30N4O2.2ClH/c1-14-6-5-7-17(16(14)3)21-18(24)13-22-8-10-23(11-9-22)19(25)15(2)12-20-4;;/h5-7,15,20H,8-13H2,1-4H3,(H,21,24);2*1H. The van der Waals surface area contributed by atoms with Crippen LogP contribution in [-0.4, -0.2) is 67.9 Å². The van der Waals surface area contributed by atoms with Gasteiger partial charge in [0.2, 0.25) is 11.8 Å². The van der Waals surface area contributed by atoms with E-state index >= 15 is 0 Å². The smallest absolute Gasteiger partial charge is 0.238 e. The Morgan fingerprint density at radius 2 is 1.74 bits per heavy atom. The minimum absolute atomic E-state index is 0. The summed E-state index contributed by atoms with van der Waals surface area (Å²) in [5.74, 6) is 0.176. The number of hydrogen-bond acceptors (Lipinski definition) is 4. The fourth-order valence-electron chi connectivity index (χ4n) is 3.11. The average molecular weight is 419 g/mol. The van der Waals surface area contributed by atoms with Crippen molar-refractivity contribution < 1.29 is 9.59 Å². The molecule has 1 atom stereocenters. The second-order valence-electron chi connectivity index (χ2n) is 6.86. The molecule has 1 unspecified atom stereocenters. The molecule has 1 aromatic carbocycles. The highest BCUT2D eigenvalue weighted by molar-refractivity contribution is 5.93. The lowest BCUT2D eigenvalue weighted by molar-refractivity contribution is -0.136. The van der Waals surface area contributed by atoms with Crippen LogP contribution in [0.1, 0.15) is 18.1 Å². The fourth-order valence-corrected chi connectivity index (χ4v) is 3.11. The third kappa shape index (κ3) is 7.30. The first-order chi connectivity index (χ1) is 11.9. The number of carbonyl (C=O) groups is 2. The molecule has 0 radical (unpaired) electrons. The summed E-state index contributed by atoms with van der Waals surface area (Å²) >= 11 is 0. The summed E-state index contributed by atoms with van der Waals surface area (Å²) in [4.78, 5) is 28.6. The van der Waals surface area contributed by atoms with E-state index in [0.29, 0.717) is 26.2 Å². The molecule has 154 valence electrons. The summed E-state index contributed by atoms with van der Waals surface area (Å²) in [5, 5.41) is 6.04. The summed E-state index contributed by atoms with van der Waals surface area (Å²) in [6, 6.07) is 5.92. The van der Waals surface area contributed by atoms with Gasteiger partial charge >= 0.3 is 0 Å². The summed E-state index contributed by atoms with van der Waals surface area (Å²) in [6.07, 6.45) is 0. The number of rotatable bonds is 6. The Kier molecular flexibility index (Phi) is 11.6. The number of benzene rings is 1. The first kappa shape index (κ1) is 25.7. The van der Waals surface area contributed by atoms with Crippen LogP contribution in [0.3, 0.4) is 0 Å². The van der Waals surface area contributed by atoms with Crippen LogP contribution in [0.25, 0.3) is 0 Å². The average Bonchev–Trinajstić information content (AvgIpc) is 2.59. The van der Waals surface area contributed by atoms with Crippen LogP contribution < -0.4 is 10.6 Å². The van der Waals surface area contributed by atoms with Crippen LogP contribution >= 0.6 is 24.8 Å². The zero-order valence-corrected chi connectivity index (χ0v) is 18.2. The van der Waals surface area contributed by atoms with E-state index in [1.807, 2.05) is 50.9 Å². The van der Waals surface area contributed by atoms with Crippen LogP contribution in [0.15, 0.2) is 18.2 Å². The number of nitrogens with one attached hydrogen (secondary N) is 2. The highest BCUT2D eigenvalue weighted by atomic mass is 35.5. The predicted molar refractivity (Wildman–Crippen MR) is 115 cm³/mol. The molecule has 1 aliphatic rings. The van der Waals surface area contributed by atoms with Crippen molar-refractivity contribution in [3.63, 3.8) is 0 Å². The molecular formula is C19H32Cl2N4O2. The van der Waals surface area contributed by atoms with Crippen LogP contribution in [-0.2, 0) is 9.59 Å². The van der Waals surface area contributed by atoms with Crippen molar-refractivity contribution in [2.75, 3.05) is 51.6 Å². The van der Waals surface area contributed by atoms with Crippen LogP contribution in [0.5, 0.6) is 0 Å². The highest BCUT2D eigenvalue weighted by Gasteiger charge is 2.25. The molecule has 0 spiro atoms. The van der Waals surface area contributed by atoms with Gasteiger partial charge in [0.15, 0.2) is 0 Å². The van der Waals surface area contributed by atoms with Gasteiger partial charge in [0, 0.05) is 44.3 Å². The van der Waals surface area contributed by atoms with Crippen LogP contribution in [0, 0.1) is 19.8 Å². The van der Waals surface area contributed by atoms with Crippen LogP contribution in [0.2, 0.25) is 0 Å². The predicted octanol–water partition coefficient (Wildman–Crippen LogP) is 2.09. The lowest BCUT2D eigenvalue weighted by atomic mass is 10.1.